The van der Waals surface area contributed by atoms with Gasteiger partial charge in [-0.3, -0.25) is 0 Å². The number of nitrogens with zero attached hydrogens (tertiary/aromatic N) is 8. The predicted octanol–water partition coefficient (Wildman–Crippen LogP) is 34.2. The molecule has 24 rings (SSSR count). The summed E-state index contributed by atoms with van der Waals surface area (Å²) in [6.07, 6.45) is -7.01. The maximum absolute atomic E-state index is 9.67. The average Bonchev–Trinajstić information content (AvgIpc) is 1.49. The summed E-state index contributed by atoms with van der Waals surface area (Å²) in [7, 11) is 5.79. The molecule has 0 saturated carbocycles. The van der Waals surface area contributed by atoms with Crippen molar-refractivity contribution in [1.82, 2.24) is 19.9 Å². The first-order valence-electron chi connectivity index (χ1n) is 85.3. The molecular formula is C136H148N8O4+4. The van der Waals surface area contributed by atoms with Crippen molar-refractivity contribution in [3.8, 4) is 89.5 Å². The Kier molecular flexibility index (Phi) is 11.2. The number of hydrogen-bond donors (Lipinski definition) is 0. The molecule has 0 aliphatic heterocycles. The van der Waals surface area contributed by atoms with Gasteiger partial charge in [0, 0.05) is 239 Å². The van der Waals surface area contributed by atoms with Gasteiger partial charge in [-0.25, -0.2) is 38.2 Å². The highest BCUT2D eigenvalue weighted by Gasteiger charge is 2.52. The molecule has 4 aliphatic rings. The molecule has 12 heterocycles. The van der Waals surface area contributed by atoms with Gasteiger partial charge in [-0.05, 0) is 241 Å². The van der Waals surface area contributed by atoms with Gasteiger partial charge in [-0.1, -0.05) is 283 Å². The Bertz CT molecular complexity index is 12200. The van der Waals surface area contributed by atoms with Crippen molar-refractivity contribution < 1.29 is 141 Å². The number of pyridine rings is 8. The Morgan fingerprint density at radius 1 is 0.311 bits per heavy atom. The second kappa shape index (κ2) is 37.2. The fourth-order valence-corrected chi connectivity index (χ4v) is 21.9. The lowest BCUT2D eigenvalue weighted by molar-refractivity contribution is -0.660. The first-order chi connectivity index (χ1) is 101. The Labute approximate surface area is 983 Å². The summed E-state index contributed by atoms with van der Waals surface area (Å²) in [4.78, 5) is 18.7. The van der Waals surface area contributed by atoms with Crippen LogP contribution in [0, 0.1) is 78.7 Å². The Morgan fingerprint density at radius 3 is 0.959 bits per heavy atom. The molecular weight excluding hydrogens is 1810 g/mol. The minimum Gasteiger partial charge on any atom is -0.437 e. The first-order valence-corrected chi connectivity index (χ1v) is 46.8. The van der Waals surface area contributed by atoms with E-state index in [0.29, 0.717) is 82.4 Å². The summed E-state index contributed by atoms with van der Waals surface area (Å²) in [6, 6.07) is 47.8. The zero-order chi connectivity index (χ0) is 170. The average molecular weight is 2040 g/mol. The highest BCUT2D eigenvalue weighted by molar-refractivity contribution is 6.15. The van der Waals surface area contributed by atoms with Gasteiger partial charge in [0.1, 0.15) is 28.2 Å². The molecule has 0 fully saturated rings. The number of aryl methyl sites for hydroxylation is 12. The summed E-state index contributed by atoms with van der Waals surface area (Å²) in [5.41, 5.74) is -14.2. The number of rotatable bonds is 16. The van der Waals surface area contributed by atoms with Crippen molar-refractivity contribution >= 4 is 88.3 Å². The molecule has 5 atom stereocenters. The number of aromatic nitrogens is 8. The van der Waals surface area contributed by atoms with Crippen molar-refractivity contribution in [3.63, 3.8) is 0 Å². The molecule has 8 aromatic carbocycles. The fraction of sp³-hybridized carbons (Fsp3) is 0.353. The normalized spacial score (nSPS) is 27.5. The van der Waals surface area contributed by atoms with Crippen LogP contribution in [0.4, 0.5) is 0 Å². The lowest BCUT2D eigenvalue weighted by Crippen LogP contribution is -2.38. The topological polar surface area (TPSA) is 120 Å². The van der Waals surface area contributed by atoms with Crippen LogP contribution in [0.15, 0.2) is 237 Å². The van der Waals surface area contributed by atoms with E-state index in [1.165, 1.54) is 119 Å². The molecule has 12 nitrogen and oxygen atoms in total. The second-order valence-electron chi connectivity index (χ2n) is 37.9. The number of hydrogen-bond acceptors (Lipinski definition) is 8. The van der Waals surface area contributed by atoms with Gasteiger partial charge >= 0.3 is 0 Å². The van der Waals surface area contributed by atoms with Crippen LogP contribution in [0.3, 0.4) is 0 Å². The van der Waals surface area contributed by atoms with E-state index < -0.39 is 294 Å². The molecule has 0 spiro atoms. The molecule has 0 bridgehead atoms. The lowest BCUT2D eigenvalue weighted by Gasteiger charge is -2.39. The Hall–Kier alpha value is -13.8. The van der Waals surface area contributed by atoms with E-state index in [-0.39, 0.29) is 151 Å². The van der Waals surface area contributed by atoms with Gasteiger partial charge in [0.05, 0.1) is 45.0 Å². The molecule has 0 amide bonds. The zero-order valence-electron chi connectivity index (χ0n) is 159. The van der Waals surface area contributed by atoms with Crippen LogP contribution in [-0.4, -0.2) is 19.9 Å². The van der Waals surface area contributed by atoms with Gasteiger partial charge in [-0.15, -0.1) is 0 Å². The monoisotopic (exact) mass is 2030 g/mol. The van der Waals surface area contributed by atoms with Crippen LogP contribution < -0.4 is 18.3 Å². The fourth-order valence-electron chi connectivity index (χ4n) is 21.9. The third kappa shape index (κ3) is 15.6. The van der Waals surface area contributed by atoms with Crippen LogP contribution in [-0.2, 0) is 49.9 Å². The predicted molar refractivity (Wildman–Crippen MR) is 612 cm³/mol. The molecule has 4 aliphatic carbocycles. The highest BCUT2D eigenvalue weighted by Crippen LogP contribution is 2.61. The van der Waals surface area contributed by atoms with Crippen molar-refractivity contribution in [3.05, 3.63) is 331 Å². The molecule has 0 saturated heterocycles. The van der Waals surface area contributed by atoms with Crippen LogP contribution in [0.1, 0.15) is 404 Å². The smallest absolute Gasteiger partial charge is 0.227 e. The molecule has 12 heteroatoms. The largest absolute Gasteiger partial charge is 0.437 e. The van der Waals surface area contributed by atoms with Crippen molar-refractivity contribution in [2.75, 3.05) is 0 Å². The van der Waals surface area contributed by atoms with Gasteiger partial charge in [0.15, 0.2) is 47.1 Å². The van der Waals surface area contributed by atoms with Crippen molar-refractivity contribution in [2.24, 2.45) is 51.8 Å². The molecule has 148 heavy (non-hydrogen) atoms. The second-order valence-corrected chi connectivity index (χ2v) is 37.9. The number of fused-ring (bicyclic) bond motifs is 24. The lowest BCUT2D eigenvalue weighted by atomic mass is 9.64. The first kappa shape index (κ1) is 44.5. The number of furan rings is 4. The molecule has 752 valence electrons. The van der Waals surface area contributed by atoms with Crippen LogP contribution in [0.2, 0.25) is 0 Å². The Morgan fingerprint density at radius 2 is 0.622 bits per heavy atom. The van der Waals surface area contributed by atoms with Gasteiger partial charge < -0.3 is 17.7 Å². The van der Waals surface area contributed by atoms with Crippen LogP contribution in [0.25, 0.3) is 178 Å². The molecule has 0 N–H and O–H groups in total. The molecule has 20 aromatic rings. The summed E-state index contributed by atoms with van der Waals surface area (Å²) in [6.45, 7) is -61.4. The molecule has 0 radical (unpaired) electrons. The van der Waals surface area contributed by atoms with Crippen molar-refractivity contribution in [2.45, 2.75) is 263 Å². The van der Waals surface area contributed by atoms with E-state index in [2.05, 4.69) is 9.97 Å². The highest BCUT2D eigenvalue weighted by atomic mass is 16.4. The molecule has 12 aromatic heterocycles. The van der Waals surface area contributed by atoms with Crippen molar-refractivity contribution in [1.29, 1.82) is 0 Å². The summed E-state index contributed by atoms with van der Waals surface area (Å²) < 4.78 is 681. The zero-order valence-corrected chi connectivity index (χ0v) is 81.7. The van der Waals surface area contributed by atoms with E-state index in [1.807, 2.05) is 0 Å². The SMILES string of the molecule is [2H]C([2H])([2H])CC1(C([2H])([2H])C([2H])([2H])[2H])c2ccccc2-c2cc3c(nc21)oc1c(-c2cc(C([2H])(C([2H])([2H])[2H])C([2H])([2H])[2H])c(C([2H])([2H])[2H])c[n+]2C)c(C)ccc13.[2H]C([2H])([2H])c1c[n+](C)c(-c2c(C)ccc3c2oc2nc4c(cc23)-c2ccccc2C4(C([2H])(C)C([2H])([2H])[2H])C([2H])(C([2H])([2H])[2H])C([2H])([2H])[2H])cc1C([2H])(C([2H])([2H])[2H])C([2H])([2H])[2H].[2H]C([2H])([2H])c1c[n+](C)c(-c2c(C)ccc3c2oc2nc4c(cc23)-c2ccccc2C4(C([2H])([2H])C([2H])(C)C([2H])([2H])[2H])C([2H])([2H])C([2H])(C)C([2H])([2H])[2H])cc1C([2H])(C([2H])([2H])[2H])C([2H])([2H])[2H].[2H]C([2H])([2H])c1c[n+](C)c(-c2c(C)ccc3c2oc2nc4c(cc23)-c2ccccc2C4(C([2H])([2H])[2H])C([2H])([2H])[2H])cc1C([2H])(C([2H])([2H])[2H])C([2H])([2H])[2H]. The summed E-state index contributed by atoms with van der Waals surface area (Å²) >= 11 is 0. The third-order valence-corrected chi connectivity index (χ3v) is 28.7. The maximum Gasteiger partial charge on any atom is 0.227 e. The Balaban J connectivity index is 0.000000162. The quantitative estimate of drug-likeness (QED) is 0.0878. The van der Waals surface area contributed by atoms with Gasteiger partial charge in [0.2, 0.25) is 45.6 Å². The van der Waals surface area contributed by atoms with E-state index in [0.717, 1.165) is 69.8 Å². The molecule has 5 unspecified atom stereocenters. The standard InChI is InChI=1S/C37H43N2O.C35H39N2O.C33H35N2O.C31H31N2O/c1-21(2)18-37(19-22(3)4)31-13-11-10-12-26(31)29-16-30-27-15-14-24(7)33(34(27)40-36(30)38-35(29)37)32-17-28(23(5)6)25(8)20-39(32)9;1-19(2)26-17-30(37(9)18-23(26)8)31-22(7)14-15-25-28-16-27-24-12-10-11-13-29(24)35(20(3)4,21(5)6)33(27)36-34(28)38-32(25)31;1-8-33(9-2)27-13-11-10-12-22(27)25-16-26-23-15-14-20(5)29(30(23)36-32(26)34-31(25)33)28-17-24(19(3)4)21(6)18-35(28)7;1-17(2)22-15-26(33(7)16-19(22)4)27-18(3)12-13-21-24-14-23-20-10-8-9-11-25(20)31(5,6)29(23)32-30(24)34-28(21)27/h10-17,20-23H,18-19H2,1-9H3;10-21H,1-9H3;10-19H,8-9H2,1-7H3;8-17H,1-7H3/q4*+1/i1D3,3D3,5D3,6D3,8D3,18D2,19D2,21D,22D,23D;1D3,2D3,3D3,4D3,5D3,8D3,19D,20D,21D;1D3,2D3,3D3,4D3,6D3,8D2,19D;1D3,2D3,4D3,5D3,6D3,17D. The van der Waals surface area contributed by atoms with E-state index in [4.69, 9.17) is 125 Å². The van der Waals surface area contributed by atoms with E-state index in [9.17, 15) is 8.22 Å². The minimum atomic E-state index is -3.75. The van der Waals surface area contributed by atoms with E-state index >= 15 is 0 Å². The summed E-state index contributed by atoms with van der Waals surface area (Å²) in [5.74, 6) is -26.7. The maximum atomic E-state index is 9.67. The number of benzene rings is 8. The summed E-state index contributed by atoms with van der Waals surface area (Å²) in [5, 5.41) is 2.71. The third-order valence-electron chi connectivity index (χ3n) is 28.7. The van der Waals surface area contributed by atoms with Crippen LogP contribution in [0.5, 0.6) is 0 Å². The van der Waals surface area contributed by atoms with Gasteiger partial charge in [0.25, 0.3) is 0 Å². The minimum absolute atomic E-state index is 0.00447. The van der Waals surface area contributed by atoms with E-state index in [1.54, 1.807) is 125 Å². The van der Waals surface area contributed by atoms with Crippen LogP contribution >= 0.6 is 0 Å². The van der Waals surface area contributed by atoms with Gasteiger partial charge in [-0.2, -0.15) is 0 Å².